The first-order valence-corrected chi connectivity index (χ1v) is 13.3. The van der Waals surface area contributed by atoms with E-state index in [0.29, 0.717) is 31.9 Å². The predicted molar refractivity (Wildman–Crippen MR) is 143 cm³/mol. The number of rotatable bonds is 5. The van der Waals surface area contributed by atoms with Crippen molar-refractivity contribution in [3.63, 3.8) is 0 Å². The summed E-state index contributed by atoms with van der Waals surface area (Å²) in [5, 5.41) is 15.7. The van der Waals surface area contributed by atoms with Crippen LogP contribution >= 0.6 is 11.3 Å². The molecule has 2 aliphatic rings. The number of benzene rings is 2. The summed E-state index contributed by atoms with van der Waals surface area (Å²) in [6.07, 6.45) is 0.846. The van der Waals surface area contributed by atoms with Crippen LogP contribution < -0.4 is 5.32 Å². The first-order chi connectivity index (χ1) is 18.3. The van der Waals surface area contributed by atoms with Crippen LogP contribution in [0.3, 0.4) is 0 Å². The summed E-state index contributed by atoms with van der Waals surface area (Å²) in [5.74, 6) is -0.319. The number of fused-ring (bicyclic) bond motifs is 1. The van der Waals surface area contributed by atoms with Gasteiger partial charge in [0.1, 0.15) is 5.82 Å². The van der Waals surface area contributed by atoms with Gasteiger partial charge in [-0.2, -0.15) is 0 Å². The first-order valence-electron chi connectivity index (χ1n) is 12.5. The molecule has 3 amide bonds. The van der Waals surface area contributed by atoms with Gasteiger partial charge < -0.3 is 15.1 Å². The molecule has 3 heterocycles. The van der Waals surface area contributed by atoms with Crippen molar-refractivity contribution in [1.82, 2.24) is 14.7 Å². The standard InChI is InChI=1S/C27H28FN5O4S/c1-18-16-30(12-13-32(18)27(35)29-21-5-7-22(8-6-21)33(36)37)25(34)17-31-11-9-24-23(10-14-38-24)26(31)19-3-2-4-20(28)15-19/h2-8,10,14-15,18,26H,9,11-13,16-17H2,1H3,(H,29,35)/t18-,26+/m1/s1. The Morgan fingerprint density at radius 1 is 1.13 bits per heavy atom. The topological polar surface area (TPSA) is 99.0 Å². The zero-order valence-corrected chi connectivity index (χ0v) is 21.7. The lowest BCUT2D eigenvalue weighted by Gasteiger charge is -2.41. The van der Waals surface area contributed by atoms with Crippen LogP contribution in [0.5, 0.6) is 0 Å². The third-order valence-corrected chi connectivity index (χ3v) is 8.14. The number of urea groups is 1. The van der Waals surface area contributed by atoms with Crippen LogP contribution in [0.1, 0.15) is 29.0 Å². The van der Waals surface area contributed by atoms with Gasteiger partial charge in [0.05, 0.1) is 17.5 Å². The molecule has 1 N–H and O–H groups in total. The van der Waals surface area contributed by atoms with E-state index in [9.17, 15) is 24.1 Å². The Labute approximate surface area is 223 Å². The minimum atomic E-state index is -0.493. The van der Waals surface area contributed by atoms with Crippen molar-refractivity contribution < 1.29 is 18.9 Å². The van der Waals surface area contributed by atoms with E-state index >= 15 is 0 Å². The molecule has 0 aliphatic carbocycles. The Bertz CT molecular complexity index is 1350. The summed E-state index contributed by atoms with van der Waals surface area (Å²) >= 11 is 1.69. The highest BCUT2D eigenvalue weighted by molar-refractivity contribution is 7.10. The molecule has 3 aromatic rings. The minimum absolute atomic E-state index is 0.0210. The Kier molecular flexibility index (Phi) is 7.39. The van der Waals surface area contributed by atoms with Gasteiger partial charge in [0.25, 0.3) is 5.69 Å². The Hall–Kier alpha value is -3.83. The number of carbonyl (C=O) groups excluding carboxylic acids is 2. The van der Waals surface area contributed by atoms with Gasteiger partial charge in [0.15, 0.2) is 0 Å². The monoisotopic (exact) mass is 537 g/mol. The lowest BCUT2D eigenvalue weighted by atomic mass is 9.93. The van der Waals surface area contributed by atoms with Gasteiger partial charge in [-0.05, 0) is 60.2 Å². The Balaban J connectivity index is 1.22. The van der Waals surface area contributed by atoms with Gasteiger partial charge in [-0.25, -0.2) is 9.18 Å². The van der Waals surface area contributed by atoms with E-state index < -0.39 is 4.92 Å². The van der Waals surface area contributed by atoms with Gasteiger partial charge in [-0.1, -0.05) is 12.1 Å². The van der Waals surface area contributed by atoms with Crippen LogP contribution in [0, 0.1) is 15.9 Å². The molecule has 5 rings (SSSR count). The number of non-ortho nitro benzene ring substituents is 1. The summed E-state index contributed by atoms with van der Waals surface area (Å²) in [6, 6.07) is 13.6. The summed E-state index contributed by atoms with van der Waals surface area (Å²) in [5.41, 5.74) is 2.37. The molecule has 1 aromatic heterocycles. The highest BCUT2D eigenvalue weighted by Gasteiger charge is 2.34. The van der Waals surface area contributed by atoms with Crippen LogP contribution in [-0.4, -0.2) is 70.3 Å². The molecule has 0 saturated carbocycles. The lowest BCUT2D eigenvalue weighted by Crippen LogP contribution is -2.58. The van der Waals surface area contributed by atoms with E-state index in [2.05, 4.69) is 16.3 Å². The van der Waals surface area contributed by atoms with Gasteiger partial charge in [0.2, 0.25) is 5.91 Å². The SMILES string of the molecule is C[C@@H]1CN(C(=O)CN2CCc3sccc3[C@@H]2c2cccc(F)c2)CCN1C(=O)Nc1ccc([N+](=O)[O-])cc1. The number of nitro groups is 1. The van der Waals surface area contributed by atoms with Crippen molar-refractivity contribution in [2.24, 2.45) is 0 Å². The van der Waals surface area contributed by atoms with Gasteiger partial charge >= 0.3 is 6.03 Å². The van der Waals surface area contributed by atoms with Crippen molar-refractivity contribution in [3.8, 4) is 0 Å². The second-order valence-corrected chi connectivity index (χ2v) is 10.6. The Morgan fingerprint density at radius 3 is 2.63 bits per heavy atom. The van der Waals surface area contributed by atoms with Gasteiger partial charge in [-0.3, -0.25) is 19.8 Å². The Morgan fingerprint density at radius 2 is 1.92 bits per heavy atom. The van der Waals surface area contributed by atoms with Crippen LogP contribution in [0.4, 0.5) is 20.6 Å². The molecule has 198 valence electrons. The number of amides is 3. The number of piperazine rings is 1. The number of hydrogen-bond donors (Lipinski definition) is 1. The molecule has 0 radical (unpaired) electrons. The zero-order chi connectivity index (χ0) is 26.8. The highest BCUT2D eigenvalue weighted by atomic mass is 32.1. The fraction of sp³-hybridized carbons (Fsp3) is 0.333. The number of nitro benzene ring substituents is 1. The predicted octanol–water partition coefficient (Wildman–Crippen LogP) is 4.51. The summed E-state index contributed by atoms with van der Waals surface area (Å²) in [4.78, 5) is 43.4. The van der Waals surface area contributed by atoms with E-state index in [-0.39, 0.29) is 42.1 Å². The number of hydrogen-bond acceptors (Lipinski definition) is 6. The second kappa shape index (κ2) is 10.9. The first kappa shape index (κ1) is 25.8. The molecule has 0 unspecified atom stereocenters. The second-order valence-electron chi connectivity index (χ2n) is 9.59. The van der Waals surface area contributed by atoms with Gasteiger partial charge in [-0.15, -0.1) is 11.3 Å². The molecule has 2 aliphatic heterocycles. The third-order valence-electron chi connectivity index (χ3n) is 7.14. The third kappa shape index (κ3) is 5.39. The molecule has 0 bridgehead atoms. The average Bonchev–Trinajstić information content (AvgIpc) is 3.37. The fourth-order valence-corrected chi connectivity index (χ4v) is 6.13. The van der Waals surface area contributed by atoms with Crippen molar-refractivity contribution in [2.75, 3.05) is 38.0 Å². The van der Waals surface area contributed by atoms with Crippen LogP contribution in [0.25, 0.3) is 0 Å². The molecular formula is C27H28FN5O4S. The minimum Gasteiger partial charge on any atom is -0.338 e. The molecule has 1 fully saturated rings. The number of nitrogens with one attached hydrogen (secondary N) is 1. The van der Waals surface area contributed by atoms with E-state index in [4.69, 9.17) is 0 Å². The zero-order valence-electron chi connectivity index (χ0n) is 20.9. The largest absolute Gasteiger partial charge is 0.338 e. The van der Waals surface area contributed by atoms with Crippen molar-refractivity contribution in [2.45, 2.75) is 25.4 Å². The van der Waals surface area contributed by atoms with Crippen LogP contribution in [0.2, 0.25) is 0 Å². The lowest BCUT2D eigenvalue weighted by molar-refractivity contribution is -0.384. The normalized spacial score (nSPS) is 19.6. The molecule has 0 spiro atoms. The van der Waals surface area contributed by atoms with Crippen molar-refractivity contribution in [1.29, 1.82) is 0 Å². The van der Waals surface area contributed by atoms with E-state index in [1.807, 2.05) is 18.4 Å². The van der Waals surface area contributed by atoms with Crippen molar-refractivity contribution in [3.05, 3.63) is 91.9 Å². The maximum Gasteiger partial charge on any atom is 0.322 e. The summed E-state index contributed by atoms with van der Waals surface area (Å²) < 4.78 is 14.1. The maximum absolute atomic E-state index is 14.1. The molecule has 11 heteroatoms. The molecular weight excluding hydrogens is 509 g/mol. The average molecular weight is 538 g/mol. The smallest absolute Gasteiger partial charge is 0.322 e. The number of thiophene rings is 1. The fourth-order valence-electron chi connectivity index (χ4n) is 5.23. The molecule has 38 heavy (non-hydrogen) atoms. The molecule has 2 atom stereocenters. The number of anilines is 1. The summed E-state index contributed by atoms with van der Waals surface area (Å²) in [6.45, 7) is 3.97. The number of nitrogens with zero attached hydrogens (tertiary/aromatic N) is 4. The molecule has 9 nitrogen and oxygen atoms in total. The van der Waals surface area contributed by atoms with Crippen LogP contribution in [-0.2, 0) is 11.2 Å². The number of halogens is 1. The van der Waals surface area contributed by atoms with Crippen LogP contribution in [0.15, 0.2) is 60.0 Å². The van der Waals surface area contributed by atoms with E-state index in [1.54, 1.807) is 33.3 Å². The quantitative estimate of drug-likeness (QED) is 0.382. The molecule has 2 aromatic carbocycles. The maximum atomic E-state index is 14.1. The number of carbonyl (C=O) groups is 2. The summed E-state index contributed by atoms with van der Waals surface area (Å²) in [7, 11) is 0. The van der Waals surface area contributed by atoms with Crippen molar-refractivity contribution >= 4 is 34.6 Å². The highest BCUT2D eigenvalue weighted by Crippen LogP contribution is 2.37. The van der Waals surface area contributed by atoms with E-state index in [1.165, 1.54) is 35.2 Å². The van der Waals surface area contributed by atoms with Gasteiger partial charge in [0, 0.05) is 54.9 Å². The van der Waals surface area contributed by atoms with E-state index in [0.717, 1.165) is 17.5 Å². The molecule has 1 saturated heterocycles.